The molecule has 1 fully saturated rings. The van der Waals surface area contributed by atoms with Crippen LogP contribution in [-0.4, -0.2) is 51.2 Å². The monoisotopic (exact) mass is 427 g/mol. The molecule has 3 aromatic heterocycles. The van der Waals surface area contributed by atoms with Gasteiger partial charge >= 0.3 is 5.97 Å². The third-order valence-corrected chi connectivity index (χ3v) is 5.90. The average Bonchev–Trinajstić information content (AvgIpc) is 3.18. The lowest BCUT2D eigenvalue weighted by Gasteiger charge is -2.40. The summed E-state index contributed by atoms with van der Waals surface area (Å²) in [5.41, 5.74) is 0.156. The fraction of sp³-hybridized carbons (Fsp3) is 0.350. The van der Waals surface area contributed by atoms with Gasteiger partial charge < -0.3 is 15.3 Å². The summed E-state index contributed by atoms with van der Waals surface area (Å²) in [4.78, 5) is 47.2. The minimum absolute atomic E-state index is 0.0450. The Morgan fingerprint density at radius 3 is 2.77 bits per heavy atom. The molecule has 1 aliphatic heterocycles. The number of carboxylic acid groups (broad SMARTS) is 1. The van der Waals surface area contributed by atoms with E-state index in [4.69, 9.17) is 0 Å². The largest absolute Gasteiger partial charge is 0.477 e. The Morgan fingerprint density at radius 1 is 1.37 bits per heavy atom. The van der Waals surface area contributed by atoms with Gasteiger partial charge in [0.2, 0.25) is 11.3 Å². The Bertz CT molecular complexity index is 1180. The van der Waals surface area contributed by atoms with Gasteiger partial charge in [0.25, 0.3) is 0 Å². The second-order valence-electron chi connectivity index (χ2n) is 7.29. The number of thiazole rings is 1. The molecular weight excluding hydrogens is 406 g/mol. The predicted molar refractivity (Wildman–Crippen MR) is 114 cm³/mol. The summed E-state index contributed by atoms with van der Waals surface area (Å²) in [7, 11) is 0. The van der Waals surface area contributed by atoms with Crippen molar-refractivity contribution in [3.63, 3.8) is 0 Å². The quantitative estimate of drug-likeness (QED) is 0.616. The van der Waals surface area contributed by atoms with Gasteiger partial charge in [0.15, 0.2) is 10.8 Å². The van der Waals surface area contributed by atoms with Crippen LogP contribution in [-0.2, 0) is 4.79 Å². The molecule has 0 aliphatic carbocycles. The zero-order chi connectivity index (χ0) is 21.4. The summed E-state index contributed by atoms with van der Waals surface area (Å²) >= 11 is 1.33. The maximum Gasteiger partial charge on any atom is 0.341 e. The Kier molecular flexibility index (Phi) is 5.25. The van der Waals surface area contributed by atoms with Crippen molar-refractivity contribution in [1.29, 1.82) is 0 Å². The molecule has 1 amide bonds. The molecule has 0 bridgehead atoms. The minimum atomic E-state index is -1.29. The molecule has 9 nitrogen and oxygen atoms in total. The summed E-state index contributed by atoms with van der Waals surface area (Å²) in [5.74, 6) is -0.292. The number of carbonyl (C=O) groups is 2. The zero-order valence-electron chi connectivity index (χ0n) is 16.6. The second kappa shape index (κ2) is 7.86. The molecular formula is C20H21N5O4S. The van der Waals surface area contributed by atoms with Crippen LogP contribution in [0.15, 0.2) is 28.6 Å². The van der Waals surface area contributed by atoms with Crippen molar-refractivity contribution in [2.24, 2.45) is 5.92 Å². The number of rotatable bonds is 6. The van der Waals surface area contributed by atoms with Crippen molar-refractivity contribution in [2.45, 2.75) is 20.3 Å². The number of fused-ring (bicyclic) bond motifs is 1. The topological polar surface area (TPSA) is 117 Å². The van der Waals surface area contributed by atoms with Crippen molar-refractivity contribution in [2.75, 3.05) is 24.5 Å². The lowest BCUT2D eigenvalue weighted by molar-refractivity contribution is -0.122. The summed E-state index contributed by atoms with van der Waals surface area (Å²) in [6, 6.07) is 1.80. The molecule has 10 heteroatoms. The SMILES string of the molecule is CCNC(=O)CC1CN(c2cc(C)c3c(=O)c(C(=O)O)cn(-c4nccs4)c3n2)C1. The van der Waals surface area contributed by atoms with E-state index >= 15 is 0 Å². The highest BCUT2D eigenvalue weighted by Crippen LogP contribution is 2.29. The number of aryl methyl sites for hydroxylation is 1. The molecule has 4 heterocycles. The molecule has 2 N–H and O–H groups in total. The van der Waals surface area contributed by atoms with E-state index in [9.17, 15) is 19.5 Å². The van der Waals surface area contributed by atoms with Crippen LogP contribution in [0.1, 0.15) is 29.3 Å². The van der Waals surface area contributed by atoms with Crippen molar-refractivity contribution >= 4 is 40.1 Å². The van der Waals surface area contributed by atoms with Gasteiger partial charge in [-0.3, -0.25) is 14.2 Å². The molecule has 1 saturated heterocycles. The van der Waals surface area contributed by atoms with Crippen LogP contribution in [0, 0.1) is 12.8 Å². The molecule has 0 aromatic carbocycles. The summed E-state index contributed by atoms with van der Waals surface area (Å²) in [5, 5.41) is 14.9. The molecule has 156 valence electrons. The number of nitrogens with one attached hydrogen (secondary N) is 1. The minimum Gasteiger partial charge on any atom is -0.477 e. The fourth-order valence-corrected chi connectivity index (χ4v) is 4.31. The Labute approximate surface area is 176 Å². The van der Waals surface area contributed by atoms with Gasteiger partial charge in [-0.05, 0) is 25.5 Å². The molecule has 1 aliphatic rings. The molecule has 0 radical (unpaired) electrons. The van der Waals surface area contributed by atoms with Gasteiger partial charge in [-0.2, -0.15) is 0 Å². The van der Waals surface area contributed by atoms with E-state index in [1.54, 1.807) is 29.1 Å². The highest BCUT2D eigenvalue weighted by atomic mass is 32.1. The number of hydrogen-bond donors (Lipinski definition) is 2. The van der Waals surface area contributed by atoms with Gasteiger partial charge in [0, 0.05) is 49.7 Å². The first-order valence-corrected chi connectivity index (χ1v) is 10.5. The number of aromatic carboxylic acids is 1. The number of pyridine rings is 2. The van der Waals surface area contributed by atoms with Gasteiger partial charge in [-0.1, -0.05) is 0 Å². The van der Waals surface area contributed by atoms with Crippen LogP contribution in [0.4, 0.5) is 5.82 Å². The first kappa shape index (κ1) is 20.0. The predicted octanol–water partition coefficient (Wildman–Crippen LogP) is 1.81. The van der Waals surface area contributed by atoms with Gasteiger partial charge in [0.05, 0.1) is 5.39 Å². The molecule has 30 heavy (non-hydrogen) atoms. The third kappa shape index (κ3) is 3.54. The standard InChI is InChI=1S/C20H21N5O4S/c1-3-21-15(26)7-12-8-24(9-12)14-6-11(2)16-17(27)13(19(28)29)10-25(18(16)23-14)20-22-4-5-30-20/h4-6,10,12H,3,7-9H2,1-2H3,(H,21,26)(H,28,29). The maximum atomic E-state index is 12.8. The van der Waals surface area contributed by atoms with Crippen LogP contribution >= 0.6 is 11.3 Å². The number of carboxylic acids is 1. The van der Waals surface area contributed by atoms with Crippen LogP contribution in [0.2, 0.25) is 0 Å². The lowest BCUT2D eigenvalue weighted by Crippen LogP contribution is -2.49. The van der Waals surface area contributed by atoms with E-state index in [2.05, 4.69) is 20.2 Å². The number of aromatic nitrogens is 3. The molecule has 0 unspecified atom stereocenters. The van der Waals surface area contributed by atoms with Crippen molar-refractivity contribution in [1.82, 2.24) is 19.9 Å². The summed E-state index contributed by atoms with van der Waals surface area (Å²) < 4.78 is 1.56. The normalized spacial score (nSPS) is 14.0. The van der Waals surface area contributed by atoms with E-state index in [0.717, 1.165) is 0 Å². The van der Waals surface area contributed by atoms with Gasteiger partial charge in [-0.15, -0.1) is 11.3 Å². The molecule has 0 atom stereocenters. The highest BCUT2D eigenvalue weighted by Gasteiger charge is 2.30. The number of nitrogens with zero attached hydrogens (tertiary/aromatic N) is 4. The molecule has 3 aromatic rings. The maximum absolute atomic E-state index is 12.8. The number of amides is 1. The first-order chi connectivity index (χ1) is 14.4. The third-order valence-electron chi connectivity index (χ3n) is 5.13. The number of carbonyl (C=O) groups excluding carboxylic acids is 1. The molecule has 0 saturated carbocycles. The van der Waals surface area contributed by atoms with Crippen LogP contribution < -0.4 is 15.6 Å². The zero-order valence-corrected chi connectivity index (χ0v) is 17.4. The van der Waals surface area contributed by atoms with E-state index in [-0.39, 0.29) is 22.8 Å². The van der Waals surface area contributed by atoms with Crippen molar-refractivity contribution in [3.05, 3.63) is 45.2 Å². The van der Waals surface area contributed by atoms with E-state index in [1.807, 2.05) is 6.92 Å². The Balaban J connectivity index is 1.74. The highest BCUT2D eigenvalue weighted by molar-refractivity contribution is 7.12. The first-order valence-electron chi connectivity index (χ1n) is 9.60. The lowest BCUT2D eigenvalue weighted by atomic mass is 9.95. The second-order valence-corrected chi connectivity index (χ2v) is 8.16. The van der Waals surface area contributed by atoms with Crippen LogP contribution in [0.25, 0.3) is 16.2 Å². The summed E-state index contributed by atoms with van der Waals surface area (Å²) in [6.07, 6.45) is 3.38. The van der Waals surface area contributed by atoms with Gasteiger partial charge in [0.1, 0.15) is 11.4 Å². The number of hydrogen-bond acceptors (Lipinski definition) is 7. The van der Waals surface area contributed by atoms with E-state index < -0.39 is 11.4 Å². The van der Waals surface area contributed by atoms with Crippen molar-refractivity contribution in [3.8, 4) is 5.13 Å². The van der Waals surface area contributed by atoms with E-state index in [0.29, 0.717) is 48.2 Å². The van der Waals surface area contributed by atoms with Crippen LogP contribution in [0.5, 0.6) is 0 Å². The Morgan fingerprint density at radius 2 is 2.13 bits per heavy atom. The Hall–Kier alpha value is -3.27. The fourth-order valence-electron chi connectivity index (χ4n) is 3.69. The molecule has 4 rings (SSSR count). The van der Waals surface area contributed by atoms with Crippen molar-refractivity contribution < 1.29 is 14.7 Å². The van der Waals surface area contributed by atoms with E-state index in [1.165, 1.54) is 17.5 Å². The number of anilines is 1. The molecule has 0 spiro atoms. The summed E-state index contributed by atoms with van der Waals surface area (Å²) in [6.45, 7) is 5.68. The van der Waals surface area contributed by atoms with Crippen LogP contribution in [0.3, 0.4) is 0 Å². The average molecular weight is 427 g/mol. The smallest absolute Gasteiger partial charge is 0.341 e. The van der Waals surface area contributed by atoms with Gasteiger partial charge in [-0.25, -0.2) is 14.8 Å².